The standard InChI is InChI=1S/C20H42NO5P/c1-2-3-4-5-6-7-8-9-10-11-12-13-14-15-16-17-19(22)20(18-21)26-27(23,24)25/h20H,2-18,21H2,1H3,(H2,23,24,25). The summed E-state index contributed by atoms with van der Waals surface area (Å²) in [6, 6.07) is 0. The largest absolute Gasteiger partial charge is 0.470 e. The highest BCUT2D eigenvalue weighted by molar-refractivity contribution is 7.46. The van der Waals surface area contributed by atoms with Gasteiger partial charge in [0.2, 0.25) is 0 Å². The van der Waals surface area contributed by atoms with E-state index in [4.69, 9.17) is 15.5 Å². The summed E-state index contributed by atoms with van der Waals surface area (Å²) in [6.07, 6.45) is 17.9. The third-order valence-electron chi connectivity index (χ3n) is 4.86. The maximum atomic E-state index is 11.8. The molecular formula is C20H42NO5P. The lowest BCUT2D eigenvalue weighted by molar-refractivity contribution is -0.126. The molecule has 0 spiro atoms. The van der Waals surface area contributed by atoms with Gasteiger partial charge in [-0.2, -0.15) is 0 Å². The van der Waals surface area contributed by atoms with Crippen LogP contribution in [0.3, 0.4) is 0 Å². The minimum atomic E-state index is -4.67. The molecule has 162 valence electrons. The van der Waals surface area contributed by atoms with E-state index in [1.807, 2.05) is 0 Å². The maximum Gasteiger partial charge on any atom is 0.470 e. The van der Waals surface area contributed by atoms with E-state index in [0.29, 0.717) is 0 Å². The summed E-state index contributed by atoms with van der Waals surface area (Å²) in [5.41, 5.74) is 5.35. The Hall–Kier alpha value is -0.260. The number of carbonyl (C=O) groups excluding carboxylic acids is 1. The third-order valence-corrected chi connectivity index (χ3v) is 5.39. The fourth-order valence-electron chi connectivity index (χ4n) is 3.23. The smallest absolute Gasteiger partial charge is 0.328 e. The maximum absolute atomic E-state index is 11.8. The van der Waals surface area contributed by atoms with Gasteiger partial charge in [-0.3, -0.25) is 9.32 Å². The number of unbranched alkanes of at least 4 members (excludes halogenated alkanes) is 14. The first-order chi connectivity index (χ1) is 12.9. The Bertz CT molecular complexity index is 400. The Labute approximate surface area is 165 Å². The number of hydrogen-bond acceptors (Lipinski definition) is 4. The van der Waals surface area contributed by atoms with E-state index in [2.05, 4.69) is 11.4 Å². The molecule has 0 aromatic rings. The summed E-state index contributed by atoms with van der Waals surface area (Å²) < 4.78 is 15.2. The van der Waals surface area contributed by atoms with Crippen LogP contribution in [0.2, 0.25) is 0 Å². The molecule has 0 rings (SSSR count). The normalized spacial score (nSPS) is 13.0. The van der Waals surface area contributed by atoms with Crippen LogP contribution < -0.4 is 5.73 Å². The van der Waals surface area contributed by atoms with Gasteiger partial charge in [-0.25, -0.2) is 4.57 Å². The van der Waals surface area contributed by atoms with Gasteiger partial charge in [-0.1, -0.05) is 96.8 Å². The lowest BCUT2D eigenvalue weighted by Crippen LogP contribution is -2.31. The molecule has 0 bridgehead atoms. The van der Waals surface area contributed by atoms with Crippen molar-refractivity contribution in [3.8, 4) is 0 Å². The van der Waals surface area contributed by atoms with E-state index in [9.17, 15) is 9.36 Å². The zero-order valence-corrected chi connectivity index (χ0v) is 18.1. The highest BCUT2D eigenvalue weighted by Crippen LogP contribution is 2.37. The van der Waals surface area contributed by atoms with Crippen molar-refractivity contribution in [2.45, 2.75) is 116 Å². The van der Waals surface area contributed by atoms with Crippen molar-refractivity contribution in [3.63, 3.8) is 0 Å². The van der Waals surface area contributed by atoms with Crippen LogP contribution in [0.4, 0.5) is 0 Å². The number of ketones is 1. The fourth-order valence-corrected chi connectivity index (χ4v) is 3.77. The molecule has 1 atom stereocenters. The van der Waals surface area contributed by atoms with Crippen LogP contribution in [0.15, 0.2) is 0 Å². The molecule has 0 fully saturated rings. The molecule has 0 saturated carbocycles. The van der Waals surface area contributed by atoms with Gasteiger partial charge in [-0.05, 0) is 6.42 Å². The first-order valence-electron chi connectivity index (χ1n) is 10.9. The van der Waals surface area contributed by atoms with Crippen molar-refractivity contribution in [1.82, 2.24) is 0 Å². The van der Waals surface area contributed by atoms with Crippen molar-refractivity contribution >= 4 is 13.6 Å². The molecule has 1 unspecified atom stereocenters. The van der Waals surface area contributed by atoms with Gasteiger partial charge in [-0.15, -0.1) is 0 Å². The lowest BCUT2D eigenvalue weighted by atomic mass is 10.0. The molecule has 4 N–H and O–H groups in total. The lowest BCUT2D eigenvalue weighted by Gasteiger charge is -2.15. The second-order valence-corrected chi connectivity index (χ2v) is 8.68. The van der Waals surface area contributed by atoms with E-state index in [-0.39, 0.29) is 18.7 Å². The molecule has 0 aliphatic carbocycles. The van der Waals surface area contributed by atoms with Crippen molar-refractivity contribution < 1.29 is 23.7 Å². The fraction of sp³-hybridized carbons (Fsp3) is 0.950. The average Bonchev–Trinajstić information content (AvgIpc) is 2.62. The zero-order valence-electron chi connectivity index (χ0n) is 17.2. The minimum Gasteiger partial charge on any atom is -0.328 e. The van der Waals surface area contributed by atoms with E-state index in [0.717, 1.165) is 19.3 Å². The van der Waals surface area contributed by atoms with E-state index >= 15 is 0 Å². The molecule has 0 aliphatic heterocycles. The summed E-state index contributed by atoms with van der Waals surface area (Å²) >= 11 is 0. The van der Waals surface area contributed by atoms with Crippen LogP contribution in [-0.2, 0) is 13.9 Å². The van der Waals surface area contributed by atoms with Crippen LogP contribution >= 0.6 is 7.82 Å². The number of phosphoric ester groups is 1. The minimum absolute atomic E-state index is 0.206. The number of rotatable bonds is 20. The summed E-state index contributed by atoms with van der Waals surface area (Å²) in [5.74, 6) is -0.324. The predicted molar refractivity (Wildman–Crippen MR) is 111 cm³/mol. The van der Waals surface area contributed by atoms with E-state index in [1.54, 1.807) is 0 Å². The first-order valence-corrected chi connectivity index (χ1v) is 12.4. The van der Waals surface area contributed by atoms with Crippen LogP contribution in [0.5, 0.6) is 0 Å². The molecule has 27 heavy (non-hydrogen) atoms. The third kappa shape index (κ3) is 18.9. The average molecular weight is 408 g/mol. The Morgan fingerprint density at radius 3 is 1.52 bits per heavy atom. The first kappa shape index (κ1) is 26.7. The summed E-state index contributed by atoms with van der Waals surface area (Å²) in [4.78, 5) is 29.3. The predicted octanol–water partition coefficient (Wildman–Crippen LogP) is 5.25. The van der Waals surface area contributed by atoms with Crippen molar-refractivity contribution in [2.24, 2.45) is 5.73 Å². The highest BCUT2D eigenvalue weighted by atomic mass is 31.2. The van der Waals surface area contributed by atoms with Crippen LogP contribution in [0, 0.1) is 0 Å². The van der Waals surface area contributed by atoms with Gasteiger partial charge in [0.1, 0.15) is 6.10 Å². The molecule has 0 saturated heterocycles. The van der Waals surface area contributed by atoms with Gasteiger partial charge in [0.15, 0.2) is 5.78 Å². The summed E-state index contributed by atoms with van der Waals surface area (Å²) in [7, 11) is -4.67. The number of carbonyl (C=O) groups is 1. The van der Waals surface area contributed by atoms with Crippen molar-refractivity contribution in [2.75, 3.05) is 6.54 Å². The van der Waals surface area contributed by atoms with Crippen molar-refractivity contribution in [3.05, 3.63) is 0 Å². The second kappa shape index (κ2) is 17.8. The Morgan fingerprint density at radius 1 is 0.815 bits per heavy atom. The van der Waals surface area contributed by atoms with Crippen molar-refractivity contribution in [1.29, 1.82) is 0 Å². The molecule has 0 amide bonds. The summed E-state index contributed by atoms with van der Waals surface area (Å²) in [6.45, 7) is 2.05. The number of hydrogen-bond donors (Lipinski definition) is 3. The molecule has 0 aromatic heterocycles. The molecule has 6 nitrogen and oxygen atoms in total. The molecule has 0 radical (unpaired) electrons. The quantitative estimate of drug-likeness (QED) is 0.188. The number of nitrogens with two attached hydrogens (primary N) is 1. The van der Waals surface area contributed by atoms with E-state index < -0.39 is 13.9 Å². The van der Waals surface area contributed by atoms with Crippen LogP contribution in [-0.4, -0.2) is 28.2 Å². The van der Waals surface area contributed by atoms with Gasteiger partial charge in [0, 0.05) is 13.0 Å². The topological polar surface area (TPSA) is 110 Å². The Balaban J connectivity index is 3.39. The molecule has 0 aromatic carbocycles. The monoisotopic (exact) mass is 407 g/mol. The molecule has 0 aliphatic rings. The van der Waals surface area contributed by atoms with Gasteiger partial charge in [0.25, 0.3) is 0 Å². The molecular weight excluding hydrogens is 365 g/mol. The SMILES string of the molecule is CCCCCCCCCCCCCCCCCC(=O)C(CN)OP(=O)(O)O. The van der Waals surface area contributed by atoms with Gasteiger partial charge < -0.3 is 15.5 Å². The summed E-state index contributed by atoms with van der Waals surface area (Å²) in [5, 5.41) is 0. The van der Waals surface area contributed by atoms with Crippen LogP contribution in [0.1, 0.15) is 110 Å². The highest BCUT2D eigenvalue weighted by Gasteiger charge is 2.26. The molecule has 0 heterocycles. The van der Waals surface area contributed by atoms with Gasteiger partial charge >= 0.3 is 7.82 Å². The van der Waals surface area contributed by atoms with E-state index in [1.165, 1.54) is 77.0 Å². The zero-order chi connectivity index (χ0) is 20.4. The number of phosphoric acid groups is 1. The second-order valence-electron chi connectivity index (χ2n) is 7.49. The number of Topliss-reactive ketones (excluding diaryl/α,β-unsaturated/α-hetero) is 1. The van der Waals surface area contributed by atoms with Gasteiger partial charge in [0.05, 0.1) is 0 Å². The van der Waals surface area contributed by atoms with Crippen LogP contribution in [0.25, 0.3) is 0 Å². The Morgan fingerprint density at radius 2 is 1.19 bits per heavy atom. The Kier molecular flexibility index (Phi) is 17.6. The molecule has 7 heteroatoms.